The molecule has 2 N–H and O–H groups in total. The van der Waals surface area contributed by atoms with Crippen molar-refractivity contribution in [2.75, 3.05) is 5.32 Å². The van der Waals surface area contributed by atoms with Gasteiger partial charge in [-0.2, -0.15) is 13.2 Å². The zero-order chi connectivity index (χ0) is 13.9. The van der Waals surface area contributed by atoms with Crippen molar-refractivity contribution in [3.63, 3.8) is 0 Å². The summed E-state index contributed by atoms with van der Waals surface area (Å²) in [6.07, 6.45) is -6.22. The van der Waals surface area contributed by atoms with Gasteiger partial charge in [-0.25, -0.2) is 4.79 Å². The van der Waals surface area contributed by atoms with E-state index in [1.54, 1.807) is 0 Å². The lowest BCUT2D eigenvalue weighted by Crippen LogP contribution is -2.21. The molecule has 1 aromatic carbocycles. The second-order valence-corrected chi connectivity index (χ2v) is 3.75. The van der Waals surface area contributed by atoms with Gasteiger partial charge in [0.05, 0.1) is 10.6 Å². The van der Waals surface area contributed by atoms with Gasteiger partial charge in [-0.3, -0.25) is 4.79 Å². The molecule has 0 aliphatic heterocycles. The number of hydrogen-bond acceptors (Lipinski definition) is 2. The van der Waals surface area contributed by atoms with Crippen molar-refractivity contribution in [2.45, 2.75) is 12.6 Å². The summed E-state index contributed by atoms with van der Waals surface area (Å²) in [5.74, 6) is -2.52. The van der Waals surface area contributed by atoms with Crippen LogP contribution in [-0.2, 0) is 4.79 Å². The number of alkyl halides is 3. The van der Waals surface area contributed by atoms with E-state index in [2.05, 4.69) is 0 Å². The van der Waals surface area contributed by atoms with Crippen molar-refractivity contribution in [2.24, 2.45) is 0 Å². The Morgan fingerprint density at radius 1 is 1.33 bits per heavy atom. The van der Waals surface area contributed by atoms with E-state index in [1.807, 2.05) is 5.32 Å². The number of carbonyl (C=O) groups is 2. The molecule has 0 aliphatic carbocycles. The van der Waals surface area contributed by atoms with E-state index in [0.717, 1.165) is 18.2 Å². The molecular weight excluding hydrogens is 275 g/mol. The number of carboxylic acids is 1. The molecule has 0 saturated heterocycles. The predicted octanol–water partition coefficient (Wildman–Crippen LogP) is 2.93. The average Bonchev–Trinajstić information content (AvgIpc) is 2.13. The lowest BCUT2D eigenvalue weighted by Gasteiger charge is -2.08. The van der Waals surface area contributed by atoms with E-state index in [1.165, 1.54) is 0 Å². The van der Waals surface area contributed by atoms with E-state index >= 15 is 0 Å². The van der Waals surface area contributed by atoms with E-state index < -0.39 is 24.5 Å². The zero-order valence-corrected chi connectivity index (χ0v) is 9.47. The number of halogens is 4. The molecule has 0 fully saturated rings. The average molecular weight is 282 g/mol. The van der Waals surface area contributed by atoms with Crippen LogP contribution in [0.2, 0.25) is 5.02 Å². The first-order chi connectivity index (χ1) is 8.19. The van der Waals surface area contributed by atoms with Gasteiger partial charge in [-0.1, -0.05) is 11.6 Å². The van der Waals surface area contributed by atoms with Crippen molar-refractivity contribution >= 4 is 29.2 Å². The second-order valence-electron chi connectivity index (χ2n) is 3.34. The van der Waals surface area contributed by atoms with E-state index in [0.29, 0.717) is 0 Å². The molecule has 1 rings (SSSR count). The minimum absolute atomic E-state index is 0.000694. The summed E-state index contributed by atoms with van der Waals surface area (Å²) in [5, 5.41) is 10.5. The van der Waals surface area contributed by atoms with Gasteiger partial charge >= 0.3 is 12.1 Å². The number of carbonyl (C=O) groups excluding carboxylic acids is 1. The van der Waals surface area contributed by atoms with Gasteiger partial charge in [0.1, 0.15) is 6.42 Å². The van der Waals surface area contributed by atoms with E-state index in [9.17, 15) is 22.8 Å². The van der Waals surface area contributed by atoms with Gasteiger partial charge in [0, 0.05) is 5.69 Å². The number of anilines is 1. The fraction of sp³-hybridized carbons (Fsp3) is 0.200. The van der Waals surface area contributed by atoms with Gasteiger partial charge in [-0.15, -0.1) is 0 Å². The van der Waals surface area contributed by atoms with Gasteiger partial charge in [0.25, 0.3) is 0 Å². The Labute approximate surface area is 104 Å². The Kier molecular flexibility index (Phi) is 4.18. The van der Waals surface area contributed by atoms with Crippen molar-refractivity contribution in [3.05, 3.63) is 28.8 Å². The summed E-state index contributed by atoms with van der Waals surface area (Å²) in [4.78, 5) is 21.6. The molecule has 8 heteroatoms. The normalized spacial score (nSPS) is 11.1. The Bertz CT molecular complexity index is 488. The second kappa shape index (κ2) is 5.26. The van der Waals surface area contributed by atoms with Crippen molar-refractivity contribution in [3.8, 4) is 0 Å². The fourth-order valence-corrected chi connectivity index (χ4v) is 1.41. The number of hydrogen-bond donors (Lipinski definition) is 2. The molecule has 0 bridgehead atoms. The first-order valence-electron chi connectivity index (χ1n) is 4.58. The Morgan fingerprint density at radius 3 is 2.39 bits per heavy atom. The molecule has 4 nitrogen and oxygen atoms in total. The number of carboxylic acid groups (broad SMARTS) is 1. The lowest BCUT2D eigenvalue weighted by atomic mass is 10.2. The molecule has 1 amide bonds. The quantitative estimate of drug-likeness (QED) is 0.895. The van der Waals surface area contributed by atoms with Gasteiger partial charge in [0.15, 0.2) is 0 Å². The van der Waals surface area contributed by atoms with Crippen LogP contribution >= 0.6 is 11.6 Å². The van der Waals surface area contributed by atoms with Crippen molar-refractivity contribution in [1.29, 1.82) is 0 Å². The molecule has 0 spiro atoms. The van der Waals surface area contributed by atoms with Crippen molar-refractivity contribution in [1.82, 2.24) is 0 Å². The minimum atomic E-state index is -4.60. The Morgan fingerprint density at radius 2 is 1.94 bits per heavy atom. The van der Waals surface area contributed by atoms with Gasteiger partial charge in [0.2, 0.25) is 5.91 Å². The topological polar surface area (TPSA) is 66.4 Å². The van der Waals surface area contributed by atoms with Crippen LogP contribution in [0, 0.1) is 0 Å². The molecule has 0 atom stereocenters. The summed E-state index contributed by atoms with van der Waals surface area (Å²) >= 11 is 5.59. The maximum atomic E-state index is 11.9. The number of amides is 1. The first-order valence-corrected chi connectivity index (χ1v) is 4.96. The smallest absolute Gasteiger partial charge is 0.397 e. The fourth-order valence-electron chi connectivity index (χ4n) is 1.15. The molecule has 0 aliphatic rings. The summed E-state index contributed by atoms with van der Waals surface area (Å²) < 4.78 is 35.7. The monoisotopic (exact) mass is 281 g/mol. The number of benzene rings is 1. The van der Waals surface area contributed by atoms with Crippen LogP contribution in [0.15, 0.2) is 18.2 Å². The predicted molar refractivity (Wildman–Crippen MR) is 57.7 cm³/mol. The van der Waals surface area contributed by atoms with Crippen LogP contribution in [0.3, 0.4) is 0 Å². The molecule has 0 aromatic heterocycles. The van der Waals surface area contributed by atoms with Crippen LogP contribution in [0.4, 0.5) is 18.9 Å². The summed E-state index contributed by atoms with van der Waals surface area (Å²) in [6, 6.07) is 3.32. The summed E-state index contributed by atoms with van der Waals surface area (Å²) in [7, 11) is 0. The van der Waals surface area contributed by atoms with Crippen LogP contribution in [0.25, 0.3) is 0 Å². The Hall–Kier alpha value is -1.76. The van der Waals surface area contributed by atoms with Gasteiger partial charge < -0.3 is 10.4 Å². The van der Waals surface area contributed by atoms with Crippen LogP contribution < -0.4 is 5.32 Å². The maximum Gasteiger partial charge on any atom is 0.397 e. The third-order valence-corrected chi connectivity index (χ3v) is 2.16. The molecular formula is C10H7ClF3NO3. The highest BCUT2D eigenvalue weighted by Gasteiger charge is 2.31. The van der Waals surface area contributed by atoms with E-state index in [4.69, 9.17) is 16.7 Å². The molecule has 0 saturated carbocycles. The van der Waals surface area contributed by atoms with Crippen LogP contribution in [-0.4, -0.2) is 23.2 Å². The maximum absolute atomic E-state index is 11.9. The first kappa shape index (κ1) is 14.3. The number of nitrogens with one attached hydrogen (secondary N) is 1. The highest BCUT2D eigenvalue weighted by atomic mass is 35.5. The molecule has 0 radical (unpaired) electrons. The van der Waals surface area contributed by atoms with Crippen LogP contribution in [0.5, 0.6) is 0 Å². The van der Waals surface area contributed by atoms with Crippen LogP contribution in [0.1, 0.15) is 16.8 Å². The SMILES string of the molecule is O=C(CC(F)(F)F)Nc1ccc(C(=O)O)c(Cl)c1. The minimum Gasteiger partial charge on any atom is -0.478 e. The third-order valence-electron chi connectivity index (χ3n) is 1.84. The zero-order valence-electron chi connectivity index (χ0n) is 8.71. The summed E-state index contributed by atoms with van der Waals surface area (Å²) in [5.41, 5.74) is -0.204. The Balaban J connectivity index is 2.78. The molecule has 0 heterocycles. The van der Waals surface area contributed by atoms with Crippen molar-refractivity contribution < 1.29 is 27.9 Å². The molecule has 1 aromatic rings. The molecule has 98 valence electrons. The number of aromatic carboxylic acids is 1. The third kappa shape index (κ3) is 4.25. The standard InChI is InChI=1S/C10H7ClF3NO3/c11-7-3-5(1-2-6(7)9(17)18)15-8(16)4-10(12,13)14/h1-3H,4H2,(H,15,16)(H,17,18). The molecule has 0 unspecified atom stereocenters. The van der Waals surface area contributed by atoms with E-state index in [-0.39, 0.29) is 16.3 Å². The lowest BCUT2D eigenvalue weighted by molar-refractivity contribution is -0.150. The van der Waals surface area contributed by atoms with Gasteiger partial charge in [-0.05, 0) is 18.2 Å². The highest BCUT2D eigenvalue weighted by molar-refractivity contribution is 6.33. The highest BCUT2D eigenvalue weighted by Crippen LogP contribution is 2.23. The summed E-state index contributed by atoms with van der Waals surface area (Å²) in [6.45, 7) is 0. The number of rotatable bonds is 3. The largest absolute Gasteiger partial charge is 0.478 e. The molecule has 18 heavy (non-hydrogen) atoms.